The Hall–Kier alpha value is -2.20. The molecule has 4 rings (SSSR count). The summed E-state index contributed by atoms with van der Waals surface area (Å²) in [7, 11) is 0. The van der Waals surface area contributed by atoms with Gasteiger partial charge in [-0.2, -0.15) is 0 Å². The van der Waals surface area contributed by atoms with Crippen LogP contribution >= 0.6 is 0 Å². The number of hydrogen-bond donors (Lipinski definition) is 1. The molecule has 0 bridgehead atoms. The first-order chi connectivity index (χ1) is 10.2. The zero-order valence-electron chi connectivity index (χ0n) is 11.5. The van der Waals surface area contributed by atoms with Crippen LogP contribution in [-0.4, -0.2) is 12.5 Å². The number of nitrogens with one attached hydrogen (secondary N) is 1. The van der Waals surface area contributed by atoms with Crippen molar-refractivity contribution in [1.29, 1.82) is 0 Å². The van der Waals surface area contributed by atoms with Gasteiger partial charge in [-0.05, 0) is 47.4 Å². The summed E-state index contributed by atoms with van der Waals surface area (Å²) in [4.78, 5) is 14.4. The van der Waals surface area contributed by atoms with E-state index in [2.05, 4.69) is 5.32 Å². The molecule has 4 heteroatoms. The van der Waals surface area contributed by atoms with Gasteiger partial charge in [-0.25, -0.2) is 4.39 Å². The van der Waals surface area contributed by atoms with Crippen LogP contribution in [0.4, 0.5) is 10.1 Å². The van der Waals surface area contributed by atoms with E-state index >= 15 is 0 Å². The number of carbonyl (C=O) groups excluding carboxylic acids is 1. The number of anilines is 1. The molecule has 0 atom stereocenters. The molecule has 21 heavy (non-hydrogen) atoms. The normalized spacial score (nSPS) is 16.0. The third-order valence-corrected chi connectivity index (χ3v) is 4.27. The first kappa shape index (κ1) is 12.5. The molecule has 1 N–H and O–H groups in total. The Morgan fingerprint density at radius 1 is 1.05 bits per heavy atom. The van der Waals surface area contributed by atoms with Crippen molar-refractivity contribution in [2.45, 2.75) is 19.5 Å². The summed E-state index contributed by atoms with van der Waals surface area (Å²) in [6.45, 7) is 2.29. The van der Waals surface area contributed by atoms with E-state index in [9.17, 15) is 9.18 Å². The van der Waals surface area contributed by atoms with E-state index in [1.165, 1.54) is 23.3 Å². The summed E-state index contributed by atoms with van der Waals surface area (Å²) >= 11 is 0. The molecule has 0 radical (unpaired) electrons. The third-order valence-electron chi connectivity index (χ3n) is 4.27. The topological polar surface area (TPSA) is 32.3 Å². The number of halogens is 1. The van der Waals surface area contributed by atoms with Crippen LogP contribution in [0, 0.1) is 5.82 Å². The Morgan fingerprint density at radius 3 is 2.76 bits per heavy atom. The highest BCUT2D eigenvalue weighted by molar-refractivity contribution is 6.07. The van der Waals surface area contributed by atoms with Gasteiger partial charge in [-0.15, -0.1) is 0 Å². The third kappa shape index (κ3) is 2.03. The highest BCUT2D eigenvalue weighted by atomic mass is 19.1. The van der Waals surface area contributed by atoms with E-state index in [0.29, 0.717) is 17.8 Å². The predicted octanol–water partition coefficient (Wildman–Crippen LogP) is 2.63. The van der Waals surface area contributed by atoms with Gasteiger partial charge in [0.05, 0.1) is 5.69 Å². The molecule has 2 heterocycles. The molecule has 2 aromatic rings. The average molecular weight is 282 g/mol. The van der Waals surface area contributed by atoms with Gasteiger partial charge in [0.15, 0.2) is 0 Å². The largest absolute Gasteiger partial charge is 0.309 e. The molecular formula is C17H15FN2O. The van der Waals surface area contributed by atoms with E-state index in [-0.39, 0.29) is 11.7 Å². The van der Waals surface area contributed by atoms with Gasteiger partial charge < -0.3 is 10.2 Å². The van der Waals surface area contributed by atoms with E-state index in [0.717, 1.165) is 25.1 Å². The molecular weight excluding hydrogens is 267 g/mol. The number of hydrogen-bond acceptors (Lipinski definition) is 2. The van der Waals surface area contributed by atoms with Gasteiger partial charge in [0.2, 0.25) is 0 Å². The fraction of sp³-hybridized carbons (Fsp3) is 0.235. The lowest BCUT2D eigenvalue weighted by molar-refractivity contribution is 0.0989. The van der Waals surface area contributed by atoms with Crippen LogP contribution in [0.25, 0.3) is 0 Å². The lowest BCUT2D eigenvalue weighted by atomic mass is 10.1. The van der Waals surface area contributed by atoms with Gasteiger partial charge in [-0.3, -0.25) is 4.79 Å². The molecule has 106 valence electrons. The van der Waals surface area contributed by atoms with Gasteiger partial charge in [-0.1, -0.05) is 12.1 Å². The van der Waals surface area contributed by atoms with Crippen molar-refractivity contribution in [3.63, 3.8) is 0 Å². The molecule has 0 unspecified atom stereocenters. The van der Waals surface area contributed by atoms with Gasteiger partial charge in [0.25, 0.3) is 5.91 Å². The van der Waals surface area contributed by atoms with Crippen LogP contribution in [0.1, 0.15) is 27.0 Å². The first-order valence-corrected chi connectivity index (χ1v) is 7.15. The van der Waals surface area contributed by atoms with Crippen LogP contribution in [0.15, 0.2) is 36.4 Å². The molecule has 0 aromatic heterocycles. The van der Waals surface area contributed by atoms with Crippen LogP contribution in [0.2, 0.25) is 0 Å². The maximum atomic E-state index is 13.4. The molecule has 2 aliphatic heterocycles. The number of fused-ring (bicyclic) bond motifs is 2. The Balaban J connectivity index is 1.69. The highest BCUT2D eigenvalue weighted by Gasteiger charge is 2.26. The van der Waals surface area contributed by atoms with Crippen LogP contribution in [0.3, 0.4) is 0 Å². The zero-order chi connectivity index (χ0) is 14.4. The average Bonchev–Trinajstić information content (AvgIpc) is 3.11. The van der Waals surface area contributed by atoms with Crippen molar-refractivity contribution >= 4 is 11.6 Å². The molecule has 2 aliphatic rings. The second kappa shape index (κ2) is 4.67. The monoisotopic (exact) mass is 282 g/mol. The quantitative estimate of drug-likeness (QED) is 0.872. The Labute approximate surface area is 122 Å². The van der Waals surface area contributed by atoms with Crippen molar-refractivity contribution in [3.05, 3.63) is 64.5 Å². The Morgan fingerprint density at radius 2 is 1.86 bits per heavy atom. The minimum Gasteiger partial charge on any atom is -0.309 e. The SMILES string of the molecule is O=C(c1ccc2c(c1)CNC2)N1CCc2ccc(F)cc21. The van der Waals surface area contributed by atoms with E-state index < -0.39 is 0 Å². The standard InChI is InChI=1S/C17H15FN2O/c18-15-4-3-11-5-6-20(16(11)8-15)17(21)12-1-2-13-9-19-10-14(13)7-12/h1-4,7-8,19H,5-6,9-10H2. The van der Waals surface area contributed by atoms with Crippen molar-refractivity contribution in [2.75, 3.05) is 11.4 Å². The van der Waals surface area contributed by atoms with Crippen molar-refractivity contribution in [3.8, 4) is 0 Å². The minimum atomic E-state index is -0.299. The van der Waals surface area contributed by atoms with Crippen LogP contribution < -0.4 is 10.2 Å². The number of benzene rings is 2. The van der Waals surface area contributed by atoms with Crippen molar-refractivity contribution < 1.29 is 9.18 Å². The Bertz CT molecular complexity index is 742. The molecule has 0 saturated carbocycles. The maximum Gasteiger partial charge on any atom is 0.258 e. The van der Waals surface area contributed by atoms with Gasteiger partial charge in [0, 0.05) is 25.2 Å². The number of carbonyl (C=O) groups is 1. The first-order valence-electron chi connectivity index (χ1n) is 7.15. The lowest BCUT2D eigenvalue weighted by Gasteiger charge is -2.18. The molecule has 0 aliphatic carbocycles. The van der Waals surface area contributed by atoms with Gasteiger partial charge in [0.1, 0.15) is 5.82 Å². The number of nitrogens with zero attached hydrogens (tertiary/aromatic N) is 1. The zero-order valence-corrected chi connectivity index (χ0v) is 11.5. The Kier molecular flexibility index (Phi) is 2.79. The molecule has 2 aromatic carbocycles. The fourth-order valence-electron chi connectivity index (χ4n) is 3.15. The maximum absolute atomic E-state index is 13.4. The second-order valence-electron chi connectivity index (χ2n) is 5.57. The summed E-state index contributed by atoms with van der Waals surface area (Å²) in [5, 5.41) is 3.27. The summed E-state index contributed by atoms with van der Waals surface area (Å²) in [6.07, 6.45) is 0.786. The summed E-state index contributed by atoms with van der Waals surface area (Å²) < 4.78 is 13.4. The van der Waals surface area contributed by atoms with Crippen molar-refractivity contribution in [1.82, 2.24) is 5.32 Å². The summed E-state index contributed by atoms with van der Waals surface area (Å²) in [5.41, 5.74) is 4.85. The minimum absolute atomic E-state index is 0.0472. The molecule has 0 spiro atoms. The molecule has 1 amide bonds. The summed E-state index contributed by atoms with van der Waals surface area (Å²) in [6, 6.07) is 10.5. The smallest absolute Gasteiger partial charge is 0.258 e. The van der Waals surface area contributed by atoms with E-state index in [4.69, 9.17) is 0 Å². The van der Waals surface area contributed by atoms with E-state index in [1.54, 1.807) is 11.0 Å². The second-order valence-corrected chi connectivity index (χ2v) is 5.57. The van der Waals surface area contributed by atoms with E-state index in [1.807, 2.05) is 18.2 Å². The summed E-state index contributed by atoms with van der Waals surface area (Å²) in [5.74, 6) is -0.347. The fourth-order valence-corrected chi connectivity index (χ4v) is 3.15. The highest BCUT2D eigenvalue weighted by Crippen LogP contribution is 2.30. The molecule has 0 saturated heterocycles. The van der Waals surface area contributed by atoms with Crippen LogP contribution in [-0.2, 0) is 19.5 Å². The number of amides is 1. The van der Waals surface area contributed by atoms with Crippen LogP contribution in [0.5, 0.6) is 0 Å². The predicted molar refractivity (Wildman–Crippen MR) is 78.8 cm³/mol. The van der Waals surface area contributed by atoms with Crippen molar-refractivity contribution in [2.24, 2.45) is 0 Å². The molecule has 0 fully saturated rings. The van der Waals surface area contributed by atoms with Gasteiger partial charge >= 0.3 is 0 Å². The molecule has 3 nitrogen and oxygen atoms in total. The lowest BCUT2D eigenvalue weighted by Crippen LogP contribution is -2.29. The number of rotatable bonds is 1.